The van der Waals surface area contributed by atoms with Crippen molar-refractivity contribution in [3.05, 3.63) is 59.2 Å². The maximum Gasteiger partial charge on any atom is 0.0652 e. The third kappa shape index (κ3) is 2.18. The number of fused-ring (bicyclic) bond motifs is 1. The summed E-state index contributed by atoms with van der Waals surface area (Å²) < 4.78 is 5.52. The predicted molar refractivity (Wildman–Crippen MR) is 78.0 cm³/mol. The van der Waals surface area contributed by atoms with Crippen molar-refractivity contribution >= 4 is 0 Å². The number of methoxy groups -OCH3 is 1. The number of benzene rings is 2. The van der Waals surface area contributed by atoms with E-state index in [4.69, 9.17) is 10.5 Å². The smallest absolute Gasteiger partial charge is 0.0652 e. The molecule has 2 nitrogen and oxygen atoms in total. The number of hydrogen-bond acceptors (Lipinski definition) is 2. The van der Waals surface area contributed by atoms with Crippen LogP contribution in [-0.2, 0) is 24.1 Å². The summed E-state index contributed by atoms with van der Waals surface area (Å²) in [5.41, 5.74) is 12.5. The van der Waals surface area contributed by atoms with Crippen LogP contribution < -0.4 is 5.73 Å². The van der Waals surface area contributed by atoms with Crippen LogP contribution in [-0.4, -0.2) is 13.2 Å². The van der Waals surface area contributed by atoms with Gasteiger partial charge >= 0.3 is 0 Å². The minimum Gasteiger partial charge on any atom is -0.381 e. The third-order valence-corrected chi connectivity index (χ3v) is 4.01. The van der Waals surface area contributed by atoms with E-state index in [1.807, 2.05) is 6.07 Å². The molecule has 0 aliphatic heterocycles. The van der Waals surface area contributed by atoms with Crippen molar-refractivity contribution < 1.29 is 4.74 Å². The van der Waals surface area contributed by atoms with E-state index >= 15 is 0 Å². The van der Waals surface area contributed by atoms with Gasteiger partial charge in [0, 0.05) is 13.7 Å². The van der Waals surface area contributed by atoms with Gasteiger partial charge in [0.05, 0.1) is 6.10 Å². The Balaban J connectivity index is 2.10. The van der Waals surface area contributed by atoms with Crippen LogP contribution in [0.4, 0.5) is 0 Å². The fraction of sp³-hybridized carbons (Fsp3) is 0.294. The van der Waals surface area contributed by atoms with Crippen LogP contribution in [0.1, 0.15) is 16.7 Å². The first-order valence-electron chi connectivity index (χ1n) is 6.75. The molecule has 0 saturated carbocycles. The monoisotopic (exact) mass is 253 g/mol. The second-order valence-electron chi connectivity index (χ2n) is 5.07. The van der Waals surface area contributed by atoms with Gasteiger partial charge in [-0.3, -0.25) is 0 Å². The number of hydrogen-bond donors (Lipinski definition) is 1. The predicted octanol–water partition coefficient (Wildman–Crippen LogP) is 2.93. The first kappa shape index (κ1) is 12.4. The summed E-state index contributed by atoms with van der Waals surface area (Å²) in [5, 5.41) is 0. The molecule has 0 bridgehead atoms. The lowest BCUT2D eigenvalue weighted by Gasteiger charge is -2.12. The fourth-order valence-corrected chi connectivity index (χ4v) is 2.99. The molecule has 3 rings (SSSR count). The molecule has 2 aromatic rings. The Morgan fingerprint density at radius 3 is 2.63 bits per heavy atom. The zero-order chi connectivity index (χ0) is 13.2. The lowest BCUT2D eigenvalue weighted by Crippen LogP contribution is -2.09. The maximum absolute atomic E-state index is 5.86. The second kappa shape index (κ2) is 5.16. The van der Waals surface area contributed by atoms with Gasteiger partial charge in [0.25, 0.3) is 0 Å². The van der Waals surface area contributed by atoms with Crippen LogP contribution in [0.3, 0.4) is 0 Å². The standard InChI is InChI=1S/C17H19NO/c1-19-14-9-12-6-4-8-16(17(12)10-14)15-7-3-2-5-13(15)11-18/h2-8,14H,9-11,18H2,1H3. The largest absolute Gasteiger partial charge is 0.381 e. The average Bonchev–Trinajstić information content (AvgIpc) is 2.90. The Morgan fingerprint density at radius 1 is 1.05 bits per heavy atom. The van der Waals surface area contributed by atoms with E-state index in [1.165, 1.54) is 27.8 Å². The fourth-order valence-electron chi connectivity index (χ4n) is 2.99. The highest BCUT2D eigenvalue weighted by atomic mass is 16.5. The summed E-state index contributed by atoms with van der Waals surface area (Å²) in [4.78, 5) is 0. The van der Waals surface area contributed by atoms with Crippen molar-refractivity contribution in [1.29, 1.82) is 0 Å². The van der Waals surface area contributed by atoms with Gasteiger partial charge in [-0.2, -0.15) is 0 Å². The zero-order valence-corrected chi connectivity index (χ0v) is 11.2. The van der Waals surface area contributed by atoms with Crippen LogP contribution in [0.5, 0.6) is 0 Å². The van der Waals surface area contributed by atoms with Crippen molar-refractivity contribution in [2.24, 2.45) is 5.73 Å². The van der Waals surface area contributed by atoms with E-state index in [2.05, 4.69) is 36.4 Å². The summed E-state index contributed by atoms with van der Waals surface area (Å²) in [6.07, 6.45) is 2.34. The van der Waals surface area contributed by atoms with Crippen molar-refractivity contribution in [3.63, 3.8) is 0 Å². The molecular weight excluding hydrogens is 234 g/mol. The molecular formula is C17H19NO. The summed E-state index contributed by atoms with van der Waals surface area (Å²) in [7, 11) is 1.80. The number of ether oxygens (including phenoxy) is 1. The van der Waals surface area contributed by atoms with E-state index in [0.717, 1.165) is 12.8 Å². The van der Waals surface area contributed by atoms with Crippen LogP contribution >= 0.6 is 0 Å². The van der Waals surface area contributed by atoms with Crippen LogP contribution in [0.2, 0.25) is 0 Å². The SMILES string of the molecule is COC1Cc2cccc(-c3ccccc3CN)c2C1. The Bertz CT molecular complexity index is 592. The molecule has 0 spiro atoms. The zero-order valence-electron chi connectivity index (χ0n) is 11.2. The molecule has 0 amide bonds. The number of nitrogens with two attached hydrogens (primary N) is 1. The molecule has 1 aliphatic rings. The van der Waals surface area contributed by atoms with Gasteiger partial charge in [0.2, 0.25) is 0 Å². The maximum atomic E-state index is 5.86. The molecule has 2 aromatic carbocycles. The van der Waals surface area contributed by atoms with Crippen molar-refractivity contribution in [2.75, 3.05) is 7.11 Å². The molecule has 0 fully saturated rings. The second-order valence-corrected chi connectivity index (χ2v) is 5.07. The normalized spacial score (nSPS) is 17.5. The first-order valence-corrected chi connectivity index (χ1v) is 6.75. The van der Waals surface area contributed by atoms with Gasteiger partial charge in [-0.25, -0.2) is 0 Å². The highest BCUT2D eigenvalue weighted by molar-refractivity contribution is 5.72. The van der Waals surface area contributed by atoms with Crippen molar-refractivity contribution in [2.45, 2.75) is 25.5 Å². The molecule has 2 N–H and O–H groups in total. The van der Waals surface area contributed by atoms with Gasteiger partial charge in [0.1, 0.15) is 0 Å². The third-order valence-electron chi connectivity index (χ3n) is 4.01. The van der Waals surface area contributed by atoms with E-state index in [9.17, 15) is 0 Å². The average molecular weight is 253 g/mol. The Kier molecular flexibility index (Phi) is 3.36. The molecule has 98 valence electrons. The molecule has 2 heteroatoms. The molecule has 0 saturated heterocycles. The van der Waals surface area contributed by atoms with Crippen molar-refractivity contribution in [3.8, 4) is 11.1 Å². The van der Waals surface area contributed by atoms with E-state index in [1.54, 1.807) is 7.11 Å². The molecule has 19 heavy (non-hydrogen) atoms. The highest BCUT2D eigenvalue weighted by Gasteiger charge is 2.24. The summed E-state index contributed by atoms with van der Waals surface area (Å²) in [5.74, 6) is 0. The summed E-state index contributed by atoms with van der Waals surface area (Å²) in [6.45, 7) is 0.577. The quantitative estimate of drug-likeness (QED) is 0.912. The minimum atomic E-state index is 0.321. The Morgan fingerprint density at radius 2 is 1.84 bits per heavy atom. The van der Waals surface area contributed by atoms with E-state index in [0.29, 0.717) is 12.6 Å². The van der Waals surface area contributed by atoms with Crippen molar-refractivity contribution in [1.82, 2.24) is 0 Å². The van der Waals surface area contributed by atoms with E-state index < -0.39 is 0 Å². The van der Waals surface area contributed by atoms with Crippen LogP contribution in [0.15, 0.2) is 42.5 Å². The minimum absolute atomic E-state index is 0.321. The lowest BCUT2D eigenvalue weighted by atomic mass is 9.93. The van der Waals surface area contributed by atoms with Crippen LogP contribution in [0, 0.1) is 0 Å². The van der Waals surface area contributed by atoms with Gasteiger partial charge in [-0.15, -0.1) is 0 Å². The molecule has 0 radical (unpaired) electrons. The summed E-state index contributed by atoms with van der Waals surface area (Å²) in [6, 6.07) is 15.0. The van der Waals surface area contributed by atoms with Gasteiger partial charge in [-0.05, 0) is 40.7 Å². The molecule has 1 unspecified atom stereocenters. The van der Waals surface area contributed by atoms with Gasteiger partial charge in [-0.1, -0.05) is 42.5 Å². The van der Waals surface area contributed by atoms with Crippen LogP contribution in [0.25, 0.3) is 11.1 Å². The van der Waals surface area contributed by atoms with E-state index in [-0.39, 0.29) is 0 Å². The highest BCUT2D eigenvalue weighted by Crippen LogP contribution is 2.34. The molecule has 0 heterocycles. The lowest BCUT2D eigenvalue weighted by molar-refractivity contribution is 0.112. The summed E-state index contributed by atoms with van der Waals surface area (Å²) >= 11 is 0. The molecule has 1 aliphatic carbocycles. The van der Waals surface area contributed by atoms with Gasteiger partial charge < -0.3 is 10.5 Å². The van der Waals surface area contributed by atoms with Gasteiger partial charge in [0.15, 0.2) is 0 Å². The number of rotatable bonds is 3. The molecule has 1 atom stereocenters. The first-order chi connectivity index (χ1) is 9.33. The Labute approximate surface area is 114 Å². The topological polar surface area (TPSA) is 35.2 Å². The molecule has 0 aromatic heterocycles. The Hall–Kier alpha value is -1.64.